The molecule has 5 heteroatoms. The SMILES string of the molecule is COc1ccccc1Nc1ncccc1C(=O)N1CCCCCC1. The first kappa shape index (κ1) is 16.3. The fourth-order valence-corrected chi connectivity index (χ4v) is 3.00. The molecule has 2 heterocycles. The van der Waals surface area contributed by atoms with Crippen LogP contribution in [0.2, 0.25) is 0 Å². The van der Waals surface area contributed by atoms with Gasteiger partial charge in [-0.25, -0.2) is 4.98 Å². The molecule has 2 aromatic rings. The van der Waals surface area contributed by atoms with Crippen LogP contribution in [-0.4, -0.2) is 36.0 Å². The van der Waals surface area contributed by atoms with E-state index in [1.54, 1.807) is 19.4 Å². The molecule has 1 saturated heterocycles. The summed E-state index contributed by atoms with van der Waals surface area (Å²) in [5.74, 6) is 1.33. The van der Waals surface area contributed by atoms with Crippen molar-refractivity contribution in [2.24, 2.45) is 0 Å². The van der Waals surface area contributed by atoms with Crippen LogP contribution in [0.1, 0.15) is 36.0 Å². The Kier molecular flexibility index (Phi) is 5.31. The van der Waals surface area contributed by atoms with E-state index in [2.05, 4.69) is 10.3 Å². The van der Waals surface area contributed by atoms with Crippen LogP contribution in [0.25, 0.3) is 0 Å². The van der Waals surface area contributed by atoms with Crippen LogP contribution in [0.15, 0.2) is 42.6 Å². The lowest BCUT2D eigenvalue weighted by Crippen LogP contribution is -2.32. The Morgan fingerprint density at radius 1 is 1.08 bits per heavy atom. The molecule has 1 fully saturated rings. The first-order valence-corrected chi connectivity index (χ1v) is 8.44. The fraction of sp³-hybridized carbons (Fsp3) is 0.368. The van der Waals surface area contributed by atoms with E-state index < -0.39 is 0 Å². The van der Waals surface area contributed by atoms with E-state index in [0.717, 1.165) is 37.4 Å². The number of nitrogens with one attached hydrogen (secondary N) is 1. The van der Waals surface area contributed by atoms with Gasteiger partial charge in [0.15, 0.2) is 0 Å². The number of likely N-dealkylation sites (tertiary alicyclic amines) is 1. The Balaban J connectivity index is 1.86. The highest BCUT2D eigenvalue weighted by molar-refractivity contribution is 5.99. The van der Waals surface area contributed by atoms with Crippen molar-refractivity contribution >= 4 is 17.4 Å². The number of carbonyl (C=O) groups is 1. The minimum Gasteiger partial charge on any atom is -0.495 e. The Labute approximate surface area is 142 Å². The maximum absolute atomic E-state index is 12.9. The second kappa shape index (κ2) is 7.81. The summed E-state index contributed by atoms with van der Waals surface area (Å²) in [4.78, 5) is 19.2. The van der Waals surface area contributed by atoms with Gasteiger partial charge < -0.3 is 15.0 Å². The highest BCUT2D eigenvalue weighted by Crippen LogP contribution is 2.28. The van der Waals surface area contributed by atoms with Crippen LogP contribution < -0.4 is 10.1 Å². The molecule has 126 valence electrons. The largest absolute Gasteiger partial charge is 0.495 e. The van der Waals surface area contributed by atoms with Crippen LogP contribution >= 0.6 is 0 Å². The Bertz CT molecular complexity index is 695. The lowest BCUT2D eigenvalue weighted by Gasteiger charge is -2.22. The first-order chi connectivity index (χ1) is 11.8. The average molecular weight is 325 g/mol. The number of benzene rings is 1. The number of nitrogens with zero attached hydrogens (tertiary/aromatic N) is 2. The highest BCUT2D eigenvalue weighted by atomic mass is 16.5. The predicted octanol–water partition coefficient (Wildman–Crippen LogP) is 3.85. The summed E-state index contributed by atoms with van der Waals surface area (Å²) in [5.41, 5.74) is 1.40. The molecule has 1 aliphatic heterocycles. The molecule has 1 aromatic heterocycles. The topological polar surface area (TPSA) is 54.5 Å². The number of rotatable bonds is 4. The van der Waals surface area contributed by atoms with Crippen molar-refractivity contribution in [2.75, 3.05) is 25.5 Å². The van der Waals surface area contributed by atoms with Gasteiger partial charge in [-0.15, -0.1) is 0 Å². The van der Waals surface area contributed by atoms with Gasteiger partial charge in [0.2, 0.25) is 0 Å². The van der Waals surface area contributed by atoms with Crippen molar-refractivity contribution in [3.8, 4) is 5.75 Å². The zero-order chi connectivity index (χ0) is 16.8. The monoisotopic (exact) mass is 325 g/mol. The lowest BCUT2D eigenvalue weighted by molar-refractivity contribution is 0.0762. The molecule has 0 bridgehead atoms. The molecule has 5 nitrogen and oxygen atoms in total. The number of methoxy groups -OCH3 is 1. The van der Waals surface area contributed by atoms with E-state index in [1.165, 1.54) is 12.8 Å². The molecule has 1 amide bonds. The third kappa shape index (κ3) is 3.67. The zero-order valence-electron chi connectivity index (χ0n) is 14.0. The molecule has 3 rings (SSSR count). The van der Waals surface area contributed by atoms with Crippen molar-refractivity contribution in [1.29, 1.82) is 0 Å². The van der Waals surface area contributed by atoms with Gasteiger partial charge in [0.1, 0.15) is 11.6 Å². The summed E-state index contributed by atoms with van der Waals surface area (Å²) in [5, 5.41) is 3.24. The quantitative estimate of drug-likeness (QED) is 0.927. The summed E-state index contributed by atoms with van der Waals surface area (Å²) >= 11 is 0. The van der Waals surface area contributed by atoms with Gasteiger partial charge >= 0.3 is 0 Å². The number of anilines is 2. The minimum atomic E-state index is 0.0439. The molecule has 0 radical (unpaired) electrons. The van der Waals surface area contributed by atoms with Gasteiger partial charge in [-0.3, -0.25) is 4.79 Å². The predicted molar refractivity (Wildman–Crippen MR) is 94.9 cm³/mol. The van der Waals surface area contributed by atoms with Gasteiger partial charge in [0.25, 0.3) is 5.91 Å². The van der Waals surface area contributed by atoms with Crippen molar-refractivity contribution in [1.82, 2.24) is 9.88 Å². The number of carbonyl (C=O) groups excluding carboxylic acids is 1. The van der Waals surface area contributed by atoms with Gasteiger partial charge in [-0.1, -0.05) is 25.0 Å². The van der Waals surface area contributed by atoms with Gasteiger partial charge in [0.05, 0.1) is 18.4 Å². The summed E-state index contributed by atoms with van der Waals surface area (Å²) < 4.78 is 5.37. The third-order valence-electron chi connectivity index (χ3n) is 4.29. The third-order valence-corrected chi connectivity index (χ3v) is 4.29. The number of pyridine rings is 1. The minimum absolute atomic E-state index is 0.0439. The van der Waals surface area contributed by atoms with E-state index in [1.807, 2.05) is 35.2 Å². The van der Waals surface area contributed by atoms with Crippen LogP contribution in [0.5, 0.6) is 5.75 Å². The van der Waals surface area contributed by atoms with Crippen molar-refractivity contribution < 1.29 is 9.53 Å². The standard InChI is InChI=1S/C19H23N3O2/c1-24-17-11-5-4-10-16(17)21-18-15(9-8-12-20-18)19(23)22-13-6-2-3-7-14-22/h4-5,8-12H,2-3,6-7,13-14H2,1H3,(H,20,21). The maximum atomic E-state index is 12.9. The Hall–Kier alpha value is -2.56. The number of aromatic nitrogens is 1. The van der Waals surface area contributed by atoms with Crippen LogP contribution in [0.3, 0.4) is 0 Å². The molecule has 0 unspecified atom stereocenters. The molecule has 1 aromatic carbocycles. The highest BCUT2D eigenvalue weighted by Gasteiger charge is 2.21. The maximum Gasteiger partial charge on any atom is 0.257 e. The summed E-state index contributed by atoms with van der Waals surface area (Å²) in [6, 6.07) is 11.3. The van der Waals surface area contributed by atoms with Crippen LogP contribution in [-0.2, 0) is 0 Å². The summed E-state index contributed by atoms with van der Waals surface area (Å²) in [6.45, 7) is 1.64. The molecule has 1 N–H and O–H groups in total. The summed E-state index contributed by atoms with van der Waals surface area (Å²) in [7, 11) is 1.63. The molecular weight excluding hydrogens is 302 g/mol. The van der Waals surface area contributed by atoms with Gasteiger partial charge in [-0.05, 0) is 37.1 Å². The number of ether oxygens (including phenoxy) is 1. The van der Waals surface area contributed by atoms with Gasteiger partial charge in [-0.2, -0.15) is 0 Å². The second-order valence-corrected chi connectivity index (χ2v) is 5.93. The van der Waals surface area contributed by atoms with E-state index in [4.69, 9.17) is 4.74 Å². The Morgan fingerprint density at radius 3 is 2.58 bits per heavy atom. The fourth-order valence-electron chi connectivity index (χ4n) is 3.00. The van der Waals surface area contributed by atoms with Crippen LogP contribution in [0.4, 0.5) is 11.5 Å². The van der Waals surface area contributed by atoms with E-state index in [0.29, 0.717) is 11.4 Å². The van der Waals surface area contributed by atoms with Crippen molar-refractivity contribution in [2.45, 2.75) is 25.7 Å². The molecule has 0 aliphatic carbocycles. The lowest BCUT2D eigenvalue weighted by atomic mass is 10.2. The molecule has 0 atom stereocenters. The average Bonchev–Trinajstić information content (AvgIpc) is 2.91. The van der Waals surface area contributed by atoms with Gasteiger partial charge in [0, 0.05) is 19.3 Å². The normalized spacial score (nSPS) is 14.8. The van der Waals surface area contributed by atoms with Crippen molar-refractivity contribution in [3.63, 3.8) is 0 Å². The number of hydrogen-bond acceptors (Lipinski definition) is 4. The van der Waals surface area contributed by atoms with E-state index in [9.17, 15) is 4.79 Å². The molecule has 1 aliphatic rings. The van der Waals surface area contributed by atoms with E-state index in [-0.39, 0.29) is 5.91 Å². The first-order valence-electron chi connectivity index (χ1n) is 8.44. The molecule has 0 saturated carbocycles. The zero-order valence-corrected chi connectivity index (χ0v) is 14.0. The second-order valence-electron chi connectivity index (χ2n) is 5.93. The molecular formula is C19H23N3O2. The van der Waals surface area contributed by atoms with E-state index >= 15 is 0 Å². The Morgan fingerprint density at radius 2 is 1.83 bits per heavy atom. The number of para-hydroxylation sites is 2. The summed E-state index contributed by atoms with van der Waals surface area (Å²) in [6.07, 6.45) is 6.23. The molecule has 24 heavy (non-hydrogen) atoms. The number of amides is 1. The van der Waals surface area contributed by atoms with Crippen molar-refractivity contribution in [3.05, 3.63) is 48.2 Å². The number of hydrogen-bond donors (Lipinski definition) is 1. The molecule has 0 spiro atoms. The smallest absolute Gasteiger partial charge is 0.257 e. The van der Waals surface area contributed by atoms with Crippen LogP contribution in [0, 0.1) is 0 Å².